The molecule has 3 N–H and O–H groups in total. The summed E-state index contributed by atoms with van der Waals surface area (Å²) in [6.07, 6.45) is 2.19. The number of carbonyl (C=O) groups excluding carboxylic acids is 1. The van der Waals surface area contributed by atoms with Gasteiger partial charge >= 0.3 is 0 Å². The highest BCUT2D eigenvalue weighted by Gasteiger charge is 2.27. The molecule has 112 valence electrons. The molecule has 0 aliphatic rings. The summed E-state index contributed by atoms with van der Waals surface area (Å²) < 4.78 is 26.3. The van der Waals surface area contributed by atoms with Gasteiger partial charge in [-0.3, -0.25) is 4.79 Å². The summed E-state index contributed by atoms with van der Waals surface area (Å²) in [5, 5.41) is 2.91. The van der Waals surface area contributed by atoms with Crippen molar-refractivity contribution in [3.63, 3.8) is 0 Å². The summed E-state index contributed by atoms with van der Waals surface area (Å²) in [5.74, 6) is -0.568. The maximum atomic E-state index is 13.4. The highest BCUT2D eigenvalue weighted by atomic mass is 32.2. The summed E-state index contributed by atoms with van der Waals surface area (Å²) >= 11 is 1.28. The van der Waals surface area contributed by atoms with Gasteiger partial charge in [0.05, 0.1) is 5.54 Å². The lowest BCUT2D eigenvalue weighted by Gasteiger charge is -2.25. The summed E-state index contributed by atoms with van der Waals surface area (Å²) in [7, 11) is 1.70. The summed E-state index contributed by atoms with van der Waals surface area (Å²) in [6.45, 7) is 1.76. The van der Waals surface area contributed by atoms with Gasteiger partial charge in [0.1, 0.15) is 11.6 Å². The van der Waals surface area contributed by atoms with Gasteiger partial charge in [-0.2, -0.15) is 0 Å². The van der Waals surface area contributed by atoms with Crippen molar-refractivity contribution in [3.8, 4) is 0 Å². The predicted octanol–water partition coefficient (Wildman–Crippen LogP) is 2.69. The molecule has 0 aliphatic heterocycles. The third-order valence-electron chi connectivity index (χ3n) is 3.32. The fourth-order valence-corrected chi connectivity index (χ4v) is 2.69. The minimum Gasteiger partial charge on any atom is -0.368 e. The standard InChI is InChI=1S/C14H20F2N2OS/c1-14(18-2,13(17)19)7-3-4-8-20-12-9-10(15)5-6-11(12)16/h5-6,9,18H,3-4,7-8H2,1-2H3,(H2,17,19). The molecule has 1 amide bonds. The van der Waals surface area contributed by atoms with Crippen LogP contribution in [0, 0.1) is 11.6 Å². The van der Waals surface area contributed by atoms with Crippen molar-refractivity contribution in [2.45, 2.75) is 36.6 Å². The SMILES string of the molecule is CNC(C)(CCCCSc1cc(F)ccc1F)C(N)=O. The summed E-state index contributed by atoms with van der Waals surface area (Å²) in [6, 6.07) is 3.43. The molecule has 0 radical (unpaired) electrons. The highest BCUT2D eigenvalue weighted by molar-refractivity contribution is 7.99. The van der Waals surface area contributed by atoms with E-state index in [1.165, 1.54) is 17.8 Å². The van der Waals surface area contributed by atoms with Crippen molar-refractivity contribution in [1.82, 2.24) is 5.32 Å². The van der Waals surface area contributed by atoms with Gasteiger partial charge < -0.3 is 11.1 Å². The van der Waals surface area contributed by atoms with E-state index in [1.807, 2.05) is 0 Å². The van der Waals surface area contributed by atoms with Crippen LogP contribution < -0.4 is 11.1 Å². The van der Waals surface area contributed by atoms with E-state index in [0.29, 0.717) is 17.1 Å². The number of unbranched alkanes of at least 4 members (excludes halogenated alkanes) is 1. The van der Waals surface area contributed by atoms with Crippen molar-refractivity contribution in [2.75, 3.05) is 12.8 Å². The summed E-state index contributed by atoms with van der Waals surface area (Å²) in [5.41, 5.74) is 4.61. The zero-order chi connectivity index (χ0) is 15.2. The number of thioether (sulfide) groups is 1. The first-order valence-corrected chi connectivity index (χ1v) is 7.44. The maximum absolute atomic E-state index is 13.4. The molecule has 0 fully saturated rings. The van der Waals surface area contributed by atoms with E-state index in [0.717, 1.165) is 25.0 Å². The Morgan fingerprint density at radius 2 is 2.10 bits per heavy atom. The normalized spacial score (nSPS) is 14.0. The zero-order valence-corrected chi connectivity index (χ0v) is 12.5. The number of hydrogen-bond donors (Lipinski definition) is 2. The molecule has 0 aliphatic carbocycles. The Balaban J connectivity index is 2.35. The van der Waals surface area contributed by atoms with Crippen molar-refractivity contribution in [1.29, 1.82) is 0 Å². The molecular formula is C14H20F2N2OS. The molecule has 20 heavy (non-hydrogen) atoms. The van der Waals surface area contributed by atoms with Crippen LogP contribution in [0.4, 0.5) is 8.78 Å². The predicted molar refractivity (Wildman–Crippen MR) is 77.6 cm³/mol. The molecule has 1 atom stereocenters. The van der Waals surface area contributed by atoms with Crippen molar-refractivity contribution < 1.29 is 13.6 Å². The van der Waals surface area contributed by atoms with E-state index in [2.05, 4.69) is 5.32 Å². The second-order valence-corrected chi connectivity index (χ2v) is 5.96. The molecule has 1 aromatic rings. The van der Waals surface area contributed by atoms with Crippen molar-refractivity contribution in [2.24, 2.45) is 5.73 Å². The second-order valence-electron chi connectivity index (χ2n) is 4.83. The Morgan fingerprint density at radius 3 is 2.70 bits per heavy atom. The van der Waals surface area contributed by atoms with E-state index >= 15 is 0 Å². The molecule has 1 rings (SSSR count). The van der Waals surface area contributed by atoms with Gasteiger partial charge in [0, 0.05) is 4.90 Å². The molecule has 0 heterocycles. The lowest BCUT2D eigenvalue weighted by Crippen LogP contribution is -2.51. The Morgan fingerprint density at radius 1 is 1.40 bits per heavy atom. The van der Waals surface area contributed by atoms with E-state index in [9.17, 15) is 13.6 Å². The number of benzene rings is 1. The zero-order valence-electron chi connectivity index (χ0n) is 11.7. The monoisotopic (exact) mass is 302 g/mol. The molecule has 3 nitrogen and oxygen atoms in total. The topological polar surface area (TPSA) is 55.1 Å². The van der Waals surface area contributed by atoms with Crippen LogP contribution in [-0.2, 0) is 4.79 Å². The van der Waals surface area contributed by atoms with E-state index < -0.39 is 17.2 Å². The van der Waals surface area contributed by atoms with Gasteiger partial charge in [-0.1, -0.05) is 6.42 Å². The third kappa shape index (κ3) is 4.76. The number of halogens is 2. The molecule has 0 spiro atoms. The van der Waals surface area contributed by atoms with E-state index in [4.69, 9.17) is 5.73 Å². The van der Waals surface area contributed by atoms with Crippen LogP contribution in [0.2, 0.25) is 0 Å². The van der Waals surface area contributed by atoms with Crippen LogP contribution in [0.15, 0.2) is 23.1 Å². The highest BCUT2D eigenvalue weighted by Crippen LogP contribution is 2.24. The Bertz CT molecular complexity index is 470. The molecule has 1 aromatic carbocycles. The molecule has 0 aromatic heterocycles. The smallest absolute Gasteiger partial charge is 0.237 e. The van der Waals surface area contributed by atoms with Crippen LogP contribution in [0.3, 0.4) is 0 Å². The maximum Gasteiger partial charge on any atom is 0.237 e. The van der Waals surface area contributed by atoms with Crippen molar-refractivity contribution in [3.05, 3.63) is 29.8 Å². The Hall–Kier alpha value is -1.14. The number of nitrogens with one attached hydrogen (secondary N) is 1. The number of primary amides is 1. The molecule has 6 heteroatoms. The number of carbonyl (C=O) groups is 1. The van der Waals surface area contributed by atoms with Crippen LogP contribution in [0.25, 0.3) is 0 Å². The second kappa shape index (κ2) is 7.59. The summed E-state index contributed by atoms with van der Waals surface area (Å²) in [4.78, 5) is 11.6. The first-order valence-electron chi connectivity index (χ1n) is 6.46. The fraction of sp³-hybridized carbons (Fsp3) is 0.500. The van der Waals surface area contributed by atoms with E-state index in [1.54, 1.807) is 14.0 Å². The molecule has 0 saturated heterocycles. The van der Waals surface area contributed by atoms with Crippen LogP contribution in [0.1, 0.15) is 26.2 Å². The van der Waals surface area contributed by atoms with Crippen LogP contribution in [-0.4, -0.2) is 24.2 Å². The molecule has 0 saturated carbocycles. The van der Waals surface area contributed by atoms with Gasteiger partial charge in [-0.25, -0.2) is 8.78 Å². The largest absolute Gasteiger partial charge is 0.368 e. The number of likely N-dealkylation sites (N-methyl/N-ethyl adjacent to an activating group) is 1. The first kappa shape index (κ1) is 16.9. The number of rotatable bonds is 8. The fourth-order valence-electron chi connectivity index (χ4n) is 1.72. The van der Waals surface area contributed by atoms with Gasteiger partial charge in [-0.05, 0) is 50.8 Å². The van der Waals surface area contributed by atoms with Gasteiger partial charge in [0.15, 0.2) is 0 Å². The quantitative estimate of drug-likeness (QED) is 0.573. The minimum absolute atomic E-state index is 0.316. The molecular weight excluding hydrogens is 282 g/mol. The Kier molecular flexibility index (Phi) is 6.42. The number of nitrogens with two attached hydrogens (primary N) is 1. The number of hydrogen-bond acceptors (Lipinski definition) is 3. The van der Waals surface area contributed by atoms with Crippen molar-refractivity contribution >= 4 is 17.7 Å². The average Bonchev–Trinajstić information content (AvgIpc) is 2.41. The minimum atomic E-state index is -0.714. The number of amides is 1. The molecule has 0 bridgehead atoms. The van der Waals surface area contributed by atoms with E-state index in [-0.39, 0.29) is 5.91 Å². The lowest BCUT2D eigenvalue weighted by atomic mass is 9.94. The average molecular weight is 302 g/mol. The van der Waals surface area contributed by atoms with Gasteiger partial charge in [-0.15, -0.1) is 11.8 Å². The first-order chi connectivity index (χ1) is 9.39. The lowest BCUT2D eigenvalue weighted by molar-refractivity contribution is -0.123. The van der Waals surface area contributed by atoms with Crippen LogP contribution >= 0.6 is 11.8 Å². The molecule has 1 unspecified atom stereocenters. The van der Waals surface area contributed by atoms with Gasteiger partial charge in [0.2, 0.25) is 5.91 Å². The van der Waals surface area contributed by atoms with Crippen LogP contribution in [0.5, 0.6) is 0 Å². The third-order valence-corrected chi connectivity index (χ3v) is 4.43. The Labute approximate surface area is 122 Å². The van der Waals surface area contributed by atoms with Gasteiger partial charge in [0.25, 0.3) is 0 Å².